The molecule has 1 atom stereocenters. The first-order chi connectivity index (χ1) is 8.49. The minimum Gasteiger partial charge on any atom is -0.382 e. The Bertz CT molecular complexity index is 524. The molecule has 0 aliphatic carbocycles. The van der Waals surface area contributed by atoms with Gasteiger partial charge in [0.2, 0.25) is 0 Å². The first-order valence-electron chi connectivity index (χ1n) is 6.17. The molecule has 0 radical (unpaired) electrons. The van der Waals surface area contributed by atoms with Crippen molar-refractivity contribution in [2.75, 3.05) is 0 Å². The highest BCUT2D eigenvalue weighted by atomic mass is 16.3. The average molecular weight is 241 g/mol. The molecule has 0 bridgehead atoms. The molecule has 94 valence electrons. The van der Waals surface area contributed by atoms with E-state index >= 15 is 0 Å². The van der Waals surface area contributed by atoms with Gasteiger partial charge in [0, 0.05) is 6.20 Å². The summed E-state index contributed by atoms with van der Waals surface area (Å²) < 4.78 is 0. The average Bonchev–Trinajstić information content (AvgIpc) is 2.28. The summed E-state index contributed by atoms with van der Waals surface area (Å²) >= 11 is 0. The van der Waals surface area contributed by atoms with Crippen LogP contribution in [0.2, 0.25) is 0 Å². The molecule has 0 aliphatic rings. The lowest BCUT2D eigenvalue weighted by Crippen LogP contribution is -2.07. The smallest absolute Gasteiger partial charge is 0.121 e. The van der Waals surface area contributed by atoms with E-state index in [-0.39, 0.29) is 0 Å². The molecule has 2 rings (SSSR count). The molecule has 0 aliphatic heterocycles. The molecule has 0 spiro atoms. The molecule has 1 aromatic heterocycles. The van der Waals surface area contributed by atoms with Gasteiger partial charge >= 0.3 is 0 Å². The number of hydrogen-bond donors (Lipinski definition) is 1. The highest BCUT2D eigenvalue weighted by Gasteiger charge is 2.16. The first-order valence-corrected chi connectivity index (χ1v) is 6.17. The van der Waals surface area contributed by atoms with Gasteiger partial charge in [-0.3, -0.25) is 4.98 Å². The van der Waals surface area contributed by atoms with E-state index in [1.165, 1.54) is 5.56 Å². The second-order valence-corrected chi connectivity index (χ2v) is 4.98. The second-order valence-electron chi connectivity index (χ2n) is 4.98. The Balaban J connectivity index is 2.44. The van der Waals surface area contributed by atoms with Crippen molar-refractivity contribution in [2.24, 2.45) is 0 Å². The Labute approximate surface area is 108 Å². The summed E-state index contributed by atoms with van der Waals surface area (Å²) in [5.74, 6) is 0. The van der Waals surface area contributed by atoms with E-state index in [9.17, 15) is 5.11 Å². The number of rotatable bonds is 2. The summed E-state index contributed by atoms with van der Waals surface area (Å²) in [6.07, 6.45) is 1.15. The maximum absolute atomic E-state index is 10.5. The minimum absolute atomic E-state index is 0.647. The largest absolute Gasteiger partial charge is 0.382 e. The Morgan fingerprint density at radius 2 is 1.61 bits per heavy atom. The zero-order chi connectivity index (χ0) is 13.3. The van der Waals surface area contributed by atoms with Crippen LogP contribution < -0.4 is 0 Å². The van der Waals surface area contributed by atoms with Gasteiger partial charge in [0.25, 0.3) is 0 Å². The lowest BCUT2D eigenvalue weighted by molar-refractivity contribution is 0.213. The monoisotopic (exact) mass is 241 g/mol. The number of hydrogen-bond acceptors (Lipinski definition) is 2. The van der Waals surface area contributed by atoms with Crippen molar-refractivity contribution < 1.29 is 5.11 Å². The zero-order valence-electron chi connectivity index (χ0n) is 11.4. The van der Waals surface area contributed by atoms with Gasteiger partial charge in [-0.2, -0.15) is 0 Å². The predicted molar refractivity (Wildman–Crippen MR) is 73.7 cm³/mol. The predicted octanol–water partition coefficient (Wildman–Crippen LogP) is 3.40. The van der Waals surface area contributed by atoms with Crippen LogP contribution >= 0.6 is 0 Å². The van der Waals surface area contributed by atoms with E-state index in [1.54, 1.807) is 6.20 Å². The van der Waals surface area contributed by atoms with Crippen LogP contribution in [0.15, 0.2) is 30.5 Å². The number of aromatic nitrogens is 1. The van der Waals surface area contributed by atoms with Gasteiger partial charge in [-0.1, -0.05) is 29.8 Å². The van der Waals surface area contributed by atoms with Crippen molar-refractivity contribution in [3.8, 4) is 0 Å². The van der Waals surface area contributed by atoms with Crippen LogP contribution in [-0.4, -0.2) is 10.1 Å². The standard InChI is InChI=1S/C16H19NO/c1-10-5-6-14(12(3)7-10)16(18)15-13(4)8-11(2)9-17-15/h5-9,16,18H,1-4H3. The summed E-state index contributed by atoms with van der Waals surface area (Å²) in [4.78, 5) is 4.37. The Morgan fingerprint density at radius 3 is 2.22 bits per heavy atom. The molecule has 0 fully saturated rings. The van der Waals surface area contributed by atoms with Gasteiger partial charge in [0.15, 0.2) is 0 Å². The number of aryl methyl sites for hydroxylation is 4. The number of aliphatic hydroxyl groups excluding tert-OH is 1. The third kappa shape index (κ3) is 2.44. The zero-order valence-corrected chi connectivity index (χ0v) is 11.4. The lowest BCUT2D eigenvalue weighted by atomic mass is 9.97. The van der Waals surface area contributed by atoms with Gasteiger partial charge in [-0.25, -0.2) is 0 Å². The Hall–Kier alpha value is -1.67. The SMILES string of the molecule is Cc1ccc(C(O)c2ncc(C)cc2C)c(C)c1. The van der Waals surface area contributed by atoms with Crippen molar-refractivity contribution in [3.63, 3.8) is 0 Å². The molecule has 1 aromatic carbocycles. The molecule has 1 heterocycles. The van der Waals surface area contributed by atoms with Gasteiger partial charge < -0.3 is 5.11 Å². The fraction of sp³-hybridized carbons (Fsp3) is 0.312. The molecule has 1 unspecified atom stereocenters. The van der Waals surface area contributed by atoms with Crippen LogP contribution in [0.25, 0.3) is 0 Å². The Kier molecular flexibility index (Phi) is 3.48. The maximum Gasteiger partial charge on any atom is 0.121 e. The van der Waals surface area contributed by atoms with Crippen LogP contribution in [0.5, 0.6) is 0 Å². The summed E-state index contributed by atoms with van der Waals surface area (Å²) in [7, 11) is 0. The summed E-state index contributed by atoms with van der Waals surface area (Å²) in [6, 6.07) is 8.14. The van der Waals surface area contributed by atoms with Crippen LogP contribution in [-0.2, 0) is 0 Å². The van der Waals surface area contributed by atoms with Crippen LogP contribution in [0.1, 0.15) is 39.6 Å². The third-order valence-corrected chi connectivity index (χ3v) is 3.23. The van der Waals surface area contributed by atoms with Crippen molar-refractivity contribution in [2.45, 2.75) is 33.8 Å². The summed E-state index contributed by atoms with van der Waals surface area (Å²) in [6.45, 7) is 8.07. The normalized spacial score (nSPS) is 12.5. The molecule has 2 heteroatoms. The quantitative estimate of drug-likeness (QED) is 0.874. The number of pyridine rings is 1. The molecule has 2 nitrogen and oxygen atoms in total. The molecule has 1 N–H and O–H groups in total. The fourth-order valence-corrected chi connectivity index (χ4v) is 2.29. The third-order valence-electron chi connectivity index (χ3n) is 3.23. The van der Waals surface area contributed by atoms with Crippen molar-refractivity contribution >= 4 is 0 Å². The fourth-order valence-electron chi connectivity index (χ4n) is 2.29. The van der Waals surface area contributed by atoms with Crippen molar-refractivity contribution in [1.82, 2.24) is 4.98 Å². The molecule has 0 saturated carbocycles. The van der Waals surface area contributed by atoms with Gasteiger partial charge in [-0.05, 0) is 49.9 Å². The van der Waals surface area contributed by atoms with Crippen LogP contribution in [0.3, 0.4) is 0 Å². The lowest BCUT2D eigenvalue weighted by Gasteiger charge is -2.16. The number of nitrogens with zero attached hydrogens (tertiary/aromatic N) is 1. The van der Waals surface area contributed by atoms with E-state index in [0.29, 0.717) is 0 Å². The highest BCUT2D eigenvalue weighted by molar-refractivity contribution is 5.38. The topological polar surface area (TPSA) is 33.1 Å². The summed E-state index contributed by atoms with van der Waals surface area (Å²) in [5, 5.41) is 10.5. The van der Waals surface area contributed by atoms with Crippen molar-refractivity contribution in [1.29, 1.82) is 0 Å². The van der Waals surface area contributed by atoms with Crippen molar-refractivity contribution in [3.05, 3.63) is 64.0 Å². The van der Waals surface area contributed by atoms with E-state index in [1.807, 2.05) is 32.9 Å². The van der Waals surface area contributed by atoms with Gasteiger partial charge in [0.1, 0.15) is 6.10 Å². The van der Waals surface area contributed by atoms with E-state index in [2.05, 4.69) is 24.0 Å². The highest BCUT2D eigenvalue weighted by Crippen LogP contribution is 2.26. The second kappa shape index (κ2) is 4.91. The van der Waals surface area contributed by atoms with E-state index in [0.717, 1.165) is 27.9 Å². The van der Waals surface area contributed by atoms with Crippen LogP contribution in [0.4, 0.5) is 0 Å². The summed E-state index contributed by atoms with van der Waals surface area (Å²) in [5.41, 5.74) is 6.13. The maximum atomic E-state index is 10.5. The molecule has 18 heavy (non-hydrogen) atoms. The van der Waals surface area contributed by atoms with Crippen LogP contribution in [0, 0.1) is 27.7 Å². The number of aliphatic hydroxyl groups is 1. The first kappa shape index (κ1) is 12.8. The molecule has 0 saturated heterocycles. The molecule has 0 amide bonds. The minimum atomic E-state index is -0.647. The number of benzene rings is 1. The molecule has 2 aromatic rings. The van der Waals surface area contributed by atoms with Gasteiger partial charge in [-0.15, -0.1) is 0 Å². The Morgan fingerprint density at radius 1 is 0.944 bits per heavy atom. The van der Waals surface area contributed by atoms with E-state index in [4.69, 9.17) is 0 Å². The van der Waals surface area contributed by atoms with E-state index < -0.39 is 6.10 Å². The van der Waals surface area contributed by atoms with Gasteiger partial charge in [0.05, 0.1) is 5.69 Å². The molecular weight excluding hydrogens is 222 g/mol. The molecular formula is C16H19NO.